The molecule has 1 aromatic carbocycles. The maximum atomic E-state index is 13.6. The number of halogens is 1. The van der Waals surface area contributed by atoms with Gasteiger partial charge in [-0.25, -0.2) is 4.39 Å². The molecule has 3 heteroatoms. The molecule has 0 radical (unpaired) electrons. The van der Waals surface area contributed by atoms with E-state index in [0.717, 1.165) is 44.2 Å². The van der Waals surface area contributed by atoms with E-state index in [2.05, 4.69) is 12.2 Å². The van der Waals surface area contributed by atoms with Gasteiger partial charge in [0.15, 0.2) is 0 Å². The van der Waals surface area contributed by atoms with Gasteiger partial charge in [-0.3, -0.25) is 0 Å². The molecule has 1 atom stereocenters. The van der Waals surface area contributed by atoms with Crippen molar-refractivity contribution in [2.45, 2.75) is 45.1 Å². The summed E-state index contributed by atoms with van der Waals surface area (Å²) in [4.78, 5) is 0. The van der Waals surface area contributed by atoms with Gasteiger partial charge in [-0.15, -0.1) is 0 Å². The first-order valence-electron chi connectivity index (χ1n) is 6.88. The maximum Gasteiger partial charge on any atom is 0.127 e. The number of unbranched alkanes of at least 4 members (excludes halogenated alkanes) is 3. The van der Waals surface area contributed by atoms with E-state index >= 15 is 0 Å². The van der Waals surface area contributed by atoms with Crippen molar-refractivity contribution < 1.29 is 9.50 Å². The monoisotopic (exact) mass is 253 g/mol. The lowest BCUT2D eigenvalue weighted by Crippen LogP contribution is -2.22. The van der Waals surface area contributed by atoms with Crippen LogP contribution >= 0.6 is 0 Å². The minimum absolute atomic E-state index is 0.101. The third-order valence-corrected chi connectivity index (χ3v) is 3.16. The molecule has 2 N–H and O–H groups in total. The van der Waals surface area contributed by atoms with Crippen LogP contribution in [0.1, 0.15) is 50.6 Å². The van der Waals surface area contributed by atoms with E-state index in [1.165, 1.54) is 6.07 Å². The SMILES string of the molecule is CCC(NCCCCCCO)c1ccccc1F. The third-order valence-electron chi connectivity index (χ3n) is 3.16. The van der Waals surface area contributed by atoms with E-state index < -0.39 is 0 Å². The Morgan fingerprint density at radius 1 is 1.17 bits per heavy atom. The van der Waals surface area contributed by atoms with Crippen LogP contribution in [0.25, 0.3) is 0 Å². The molecule has 1 rings (SSSR count). The molecule has 18 heavy (non-hydrogen) atoms. The maximum absolute atomic E-state index is 13.6. The number of benzene rings is 1. The quantitative estimate of drug-likeness (QED) is 0.661. The Morgan fingerprint density at radius 2 is 1.89 bits per heavy atom. The molecular weight excluding hydrogens is 229 g/mol. The second-order valence-electron chi connectivity index (χ2n) is 4.57. The van der Waals surface area contributed by atoms with Crippen LogP contribution in [0.2, 0.25) is 0 Å². The van der Waals surface area contributed by atoms with Gasteiger partial charge in [0, 0.05) is 18.2 Å². The highest BCUT2D eigenvalue weighted by Crippen LogP contribution is 2.19. The molecule has 0 aliphatic carbocycles. The minimum Gasteiger partial charge on any atom is -0.396 e. The second-order valence-corrected chi connectivity index (χ2v) is 4.57. The van der Waals surface area contributed by atoms with Crippen LogP contribution in [0.3, 0.4) is 0 Å². The van der Waals surface area contributed by atoms with Crippen LogP contribution in [0.4, 0.5) is 4.39 Å². The van der Waals surface area contributed by atoms with Gasteiger partial charge in [-0.2, -0.15) is 0 Å². The molecule has 0 aromatic heterocycles. The molecule has 0 saturated heterocycles. The number of rotatable bonds is 9. The number of nitrogens with one attached hydrogen (secondary N) is 1. The summed E-state index contributed by atoms with van der Waals surface area (Å²) < 4.78 is 13.6. The highest BCUT2D eigenvalue weighted by Gasteiger charge is 2.11. The van der Waals surface area contributed by atoms with Crippen LogP contribution in [0, 0.1) is 5.82 Å². The fourth-order valence-electron chi connectivity index (χ4n) is 2.10. The summed E-state index contributed by atoms with van der Waals surface area (Å²) in [5.41, 5.74) is 0.760. The van der Waals surface area contributed by atoms with Crippen LogP contribution < -0.4 is 5.32 Å². The molecule has 0 amide bonds. The molecule has 0 fully saturated rings. The Hall–Kier alpha value is -0.930. The predicted octanol–water partition coefficient (Wildman–Crippen LogP) is 3.42. The average Bonchev–Trinajstić information content (AvgIpc) is 2.39. The summed E-state index contributed by atoms with van der Waals surface area (Å²) >= 11 is 0. The Bertz CT molecular complexity index is 330. The summed E-state index contributed by atoms with van der Waals surface area (Å²) in [6.45, 7) is 3.24. The zero-order valence-corrected chi connectivity index (χ0v) is 11.2. The lowest BCUT2D eigenvalue weighted by molar-refractivity contribution is 0.282. The first-order chi connectivity index (χ1) is 8.79. The van der Waals surface area contributed by atoms with Crippen molar-refractivity contribution in [3.05, 3.63) is 35.6 Å². The summed E-state index contributed by atoms with van der Waals surface area (Å²) in [5.74, 6) is -0.128. The Balaban J connectivity index is 2.32. The largest absolute Gasteiger partial charge is 0.396 e. The molecular formula is C15H24FNO. The van der Waals surface area contributed by atoms with Gasteiger partial charge in [-0.1, -0.05) is 38.0 Å². The highest BCUT2D eigenvalue weighted by atomic mass is 19.1. The molecule has 0 bridgehead atoms. The van der Waals surface area contributed by atoms with Crippen molar-refractivity contribution >= 4 is 0 Å². The van der Waals surface area contributed by atoms with Crippen LogP contribution in [-0.4, -0.2) is 18.3 Å². The van der Waals surface area contributed by atoms with E-state index in [0.29, 0.717) is 0 Å². The van der Waals surface area contributed by atoms with Crippen molar-refractivity contribution in [1.29, 1.82) is 0 Å². The summed E-state index contributed by atoms with van der Waals surface area (Å²) in [5, 5.41) is 12.1. The van der Waals surface area contributed by atoms with Crippen LogP contribution in [0.5, 0.6) is 0 Å². The Labute approximate surface area is 109 Å². The predicted molar refractivity (Wildman–Crippen MR) is 73.0 cm³/mol. The van der Waals surface area contributed by atoms with Crippen LogP contribution in [-0.2, 0) is 0 Å². The van der Waals surface area contributed by atoms with E-state index in [1.807, 2.05) is 12.1 Å². The van der Waals surface area contributed by atoms with E-state index in [9.17, 15) is 4.39 Å². The summed E-state index contributed by atoms with van der Waals surface area (Å²) in [6.07, 6.45) is 5.02. The molecule has 0 heterocycles. The van der Waals surface area contributed by atoms with Gasteiger partial charge < -0.3 is 10.4 Å². The second kappa shape index (κ2) is 9.06. The minimum atomic E-state index is -0.128. The fraction of sp³-hybridized carbons (Fsp3) is 0.600. The van der Waals surface area contributed by atoms with Crippen molar-refractivity contribution in [2.75, 3.05) is 13.2 Å². The van der Waals surface area contributed by atoms with E-state index in [4.69, 9.17) is 5.11 Å². The van der Waals surface area contributed by atoms with Crippen molar-refractivity contribution in [1.82, 2.24) is 5.32 Å². The lowest BCUT2D eigenvalue weighted by Gasteiger charge is -2.18. The molecule has 2 nitrogen and oxygen atoms in total. The Kier molecular flexibility index (Phi) is 7.62. The van der Waals surface area contributed by atoms with Crippen molar-refractivity contribution in [3.8, 4) is 0 Å². The standard InChI is InChI=1S/C15H24FNO/c1-2-15(13-9-5-6-10-14(13)16)17-11-7-3-4-8-12-18/h5-6,9-10,15,17-18H,2-4,7-8,11-12H2,1H3. The Morgan fingerprint density at radius 3 is 2.56 bits per heavy atom. The van der Waals surface area contributed by atoms with Gasteiger partial charge in [0.2, 0.25) is 0 Å². The number of hydrogen-bond donors (Lipinski definition) is 2. The average molecular weight is 253 g/mol. The lowest BCUT2D eigenvalue weighted by atomic mass is 10.0. The molecule has 0 aliphatic rings. The number of aliphatic hydroxyl groups excluding tert-OH is 1. The van der Waals surface area contributed by atoms with E-state index in [1.54, 1.807) is 6.07 Å². The third kappa shape index (κ3) is 5.15. The topological polar surface area (TPSA) is 32.3 Å². The van der Waals surface area contributed by atoms with Gasteiger partial charge in [0.25, 0.3) is 0 Å². The zero-order valence-electron chi connectivity index (χ0n) is 11.2. The van der Waals surface area contributed by atoms with Crippen LogP contribution in [0.15, 0.2) is 24.3 Å². The zero-order chi connectivity index (χ0) is 13.2. The molecule has 0 saturated carbocycles. The number of aliphatic hydroxyl groups is 1. The van der Waals surface area contributed by atoms with Gasteiger partial charge in [0.05, 0.1) is 0 Å². The first kappa shape index (κ1) is 15.1. The van der Waals surface area contributed by atoms with Gasteiger partial charge in [-0.05, 0) is 31.9 Å². The molecule has 102 valence electrons. The van der Waals surface area contributed by atoms with Gasteiger partial charge in [0.1, 0.15) is 5.82 Å². The highest BCUT2D eigenvalue weighted by molar-refractivity contribution is 5.20. The summed E-state index contributed by atoms with van der Waals surface area (Å²) in [6, 6.07) is 7.07. The number of hydrogen-bond acceptors (Lipinski definition) is 2. The summed E-state index contributed by atoms with van der Waals surface area (Å²) in [7, 11) is 0. The molecule has 0 aliphatic heterocycles. The van der Waals surface area contributed by atoms with E-state index in [-0.39, 0.29) is 18.5 Å². The fourth-order valence-corrected chi connectivity index (χ4v) is 2.10. The first-order valence-corrected chi connectivity index (χ1v) is 6.88. The molecule has 1 aromatic rings. The molecule has 1 unspecified atom stereocenters. The van der Waals surface area contributed by atoms with Crippen molar-refractivity contribution in [2.24, 2.45) is 0 Å². The normalized spacial score (nSPS) is 12.6. The molecule has 0 spiro atoms. The van der Waals surface area contributed by atoms with Gasteiger partial charge >= 0.3 is 0 Å². The smallest absolute Gasteiger partial charge is 0.127 e. The van der Waals surface area contributed by atoms with Crippen molar-refractivity contribution in [3.63, 3.8) is 0 Å².